The van der Waals surface area contributed by atoms with Gasteiger partial charge in [0.1, 0.15) is 6.07 Å². The highest BCUT2D eigenvalue weighted by Crippen LogP contribution is 2.34. The fourth-order valence-corrected chi connectivity index (χ4v) is 3.55. The Kier molecular flexibility index (Phi) is 6.48. The van der Waals surface area contributed by atoms with Crippen molar-refractivity contribution in [3.63, 3.8) is 0 Å². The molecule has 0 saturated carbocycles. The minimum absolute atomic E-state index is 0.0662. The van der Waals surface area contributed by atoms with Gasteiger partial charge < -0.3 is 9.64 Å². The first kappa shape index (κ1) is 21.9. The van der Waals surface area contributed by atoms with E-state index in [0.717, 1.165) is 6.07 Å². The number of hydrogen-bond acceptors (Lipinski definition) is 5. The molecule has 3 rings (SSSR count). The Balaban J connectivity index is 1.65. The molecule has 0 unspecified atom stereocenters. The van der Waals surface area contributed by atoms with Gasteiger partial charge in [-0.3, -0.25) is 9.88 Å². The van der Waals surface area contributed by atoms with Crippen LogP contribution in [0.5, 0.6) is 5.75 Å². The van der Waals surface area contributed by atoms with E-state index in [1.165, 1.54) is 35.5 Å². The van der Waals surface area contributed by atoms with Gasteiger partial charge in [0.25, 0.3) is 0 Å². The van der Waals surface area contributed by atoms with Crippen molar-refractivity contribution in [2.24, 2.45) is 0 Å². The molecule has 158 valence electrons. The molecular formula is C20H18ClF3N4O2. The number of carbonyl (C=O) groups is 1. The van der Waals surface area contributed by atoms with E-state index in [0.29, 0.717) is 13.1 Å². The molecule has 0 spiro atoms. The van der Waals surface area contributed by atoms with E-state index in [9.17, 15) is 18.0 Å². The van der Waals surface area contributed by atoms with Gasteiger partial charge in [0.2, 0.25) is 0 Å². The van der Waals surface area contributed by atoms with Crippen molar-refractivity contribution < 1.29 is 22.7 Å². The summed E-state index contributed by atoms with van der Waals surface area (Å²) in [7, 11) is 0. The zero-order valence-corrected chi connectivity index (χ0v) is 16.7. The van der Waals surface area contributed by atoms with E-state index in [1.807, 2.05) is 11.0 Å². The van der Waals surface area contributed by atoms with E-state index < -0.39 is 17.8 Å². The van der Waals surface area contributed by atoms with Crippen LogP contribution in [0.2, 0.25) is 5.02 Å². The summed E-state index contributed by atoms with van der Waals surface area (Å²) in [6.07, 6.45) is -2.39. The van der Waals surface area contributed by atoms with Crippen molar-refractivity contribution in [2.75, 3.05) is 19.6 Å². The van der Waals surface area contributed by atoms with Gasteiger partial charge in [-0.05, 0) is 30.7 Å². The van der Waals surface area contributed by atoms with Gasteiger partial charge in [-0.1, -0.05) is 11.6 Å². The van der Waals surface area contributed by atoms with E-state index in [1.54, 1.807) is 6.92 Å². The number of aromatic nitrogens is 1. The zero-order valence-electron chi connectivity index (χ0n) is 16.0. The minimum atomic E-state index is -4.47. The van der Waals surface area contributed by atoms with Gasteiger partial charge in [0.05, 0.1) is 17.3 Å². The maximum absolute atomic E-state index is 13.3. The number of nitrogens with zero attached hydrogens (tertiary/aromatic N) is 4. The van der Waals surface area contributed by atoms with Crippen LogP contribution in [0.4, 0.5) is 18.0 Å². The van der Waals surface area contributed by atoms with Crippen LogP contribution in [0.25, 0.3) is 0 Å². The highest BCUT2D eigenvalue weighted by Gasteiger charge is 2.35. The number of ether oxygens (including phenoxy) is 1. The predicted molar refractivity (Wildman–Crippen MR) is 103 cm³/mol. The molecule has 30 heavy (non-hydrogen) atoms. The highest BCUT2D eigenvalue weighted by atomic mass is 35.5. The molecule has 10 heteroatoms. The lowest BCUT2D eigenvalue weighted by Crippen LogP contribution is -2.54. The number of nitriles is 1. The van der Waals surface area contributed by atoms with Crippen LogP contribution in [-0.2, 0) is 12.7 Å². The molecule has 0 aliphatic carbocycles. The molecule has 2 aromatic rings. The van der Waals surface area contributed by atoms with E-state index in [4.69, 9.17) is 21.6 Å². The maximum Gasteiger partial charge on any atom is 0.416 e. The average Bonchev–Trinajstić information content (AvgIpc) is 2.67. The van der Waals surface area contributed by atoms with E-state index in [-0.39, 0.29) is 41.0 Å². The SMILES string of the molecule is C[C@@H]1CN(Cc2cc(Cl)ccc2C(F)(F)F)CCN1C(=O)Oc1cncc(C#N)c1. The maximum atomic E-state index is 13.3. The van der Waals surface area contributed by atoms with E-state index in [2.05, 4.69) is 4.98 Å². The van der Waals surface area contributed by atoms with Crippen LogP contribution >= 0.6 is 11.6 Å². The smallest absolute Gasteiger partial charge is 0.408 e. The third-order valence-electron chi connectivity index (χ3n) is 4.76. The number of alkyl halides is 3. The molecule has 2 heterocycles. The van der Waals surface area contributed by atoms with Crippen LogP contribution in [0.1, 0.15) is 23.6 Å². The van der Waals surface area contributed by atoms with Crippen molar-refractivity contribution in [2.45, 2.75) is 25.7 Å². The molecule has 1 atom stereocenters. The van der Waals surface area contributed by atoms with Crippen molar-refractivity contribution in [3.8, 4) is 11.8 Å². The second-order valence-corrected chi connectivity index (χ2v) is 7.40. The Morgan fingerprint density at radius 1 is 1.33 bits per heavy atom. The fraction of sp³-hybridized carbons (Fsp3) is 0.350. The third-order valence-corrected chi connectivity index (χ3v) is 5.00. The number of rotatable bonds is 3. The Morgan fingerprint density at radius 2 is 2.10 bits per heavy atom. The molecule has 6 nitrogen and oxygen atoms in total. The van der Waals surface area contributed by atoms with Crippen molar-refractivity contribution in [3.05, 3.63) is 58.4 Å². The predicted octanol–water partition coefficient (Wildman–Crippen LogP) is 4.33. The van der Waals surface area contributed by atoms with Crippen LogP contribution in [0, 0.1) is 11.3 Å². The Labute approximate surface area is 176 Å². The molecule has 1 saturated heterocycles. The average molecular weight is 439 g/mol. The highest BCUT2D eigenvalue weighted by molar-refractivity contribution is 6.30. The number of pyridine rings is 1. The van der Waals surface area contributed by atoms with Gasteiger partial charge in [-0.15, -0.1) is 0 Å². The van der Waals surface area contributed by atoms with Gasteiger partial charge >= 0.3 is 12.3 Å². The van der Waals surface area contributed by atoms with Crippen LogP contribution in [0.3, 0.4) is 0 Å². The first-order chi connectivity index (χ1) is 14.2. The molecule has 0 N–H and O–H groups in total. The first-order valence-electron chi connectivity index (χ1n) is 9.09. The molecule has 1 aliphatic heterocycles. The summed E-state index contributed by atoms with van der Waals surface area (Å²) < 4.78 is 45.1. The molecule has 0 radical (unpaired) electrons. The summed E-state index contributed by atoms with van der Waals surface area (Å²) in [6.45, 7) is 2.89. The van der Waals surface area contributed by atoms with Gasteiger partial charge in [-0.25, -0.2) is 4.79 Å². The summed E-state index contributed by atoms with van der Waals surface area (Å²) in [5.41, 5.74) is -0.357. The van der Waals surface area contributed by atoms with Gasteiger partial charge in [0.15, 0.2) is 5.75 Å². The number of halogens is 4. The van der Waals surface area contributed by atoms with E-state index >= 15 is 0 Å². The monoisotopic (exact) mass is 438 g/mol. The third kappa shape index (κ3) is 5.20. The summed E-state index contributed by atoms with van der Waals surface area (Å²) in [6, 6.07) is 6.57. The summed E-state index contributed by atoms with van der Waals surface area (Å²) in [5.74, 6) is 0.155. The van der Waals surface area contributed by atoms with Gasteiger partial charge in [-0.2, -0.15) is 18.4 Å². The van der Waals surface area contributed by atoms with Crippen molar-refractivity contribution in [1.82, 2.24) is 14.8 Å². The fourth-order valence-electron chi connectivity index (χ4n) is 3.35. The molecule has 1 aliphatic rings. The molecule has 1 amide bonds. The Bertz CT molecular complexity index is 977. The molecule has 1 fully saturated rings. The van der Waals surface area contributed by atoms with Crippen LogP contribution < -0.4 is 4.74 Å². The quantitative estimate of drug-likeness (QED) is 0.713. The normalized spacial score (nSPS) is 17.5. The minimum Gasteiger partial charge on any atom is -0.408 e. The standard InChI is InChI=1S/C20H18ClF3N4O2/c1-13-11-27(12-15-7-16(21)2-3-18(15)20(22,23)24)4-5-28(13)19(29)30-17-6-14(8-25)9-26-10-17/h2-3,6-7,9-10,13H,4-5,11-12H2,1H3/t13-/m1/s1. The second kappa shape index (κ2) is 8.90. The summed E-state index contributed by atoms with van der Waals surface area (Å²) in [5, 5.41) is 9.14. The second-order valence-electron chi connectivity index (χ2n) is 6.97. The molecule has 1 aromatic carbocycles. The number of carbonyl (C=O) groups excluding carboxylic acids is 1. The lowest BCUT2D eigenvalue weighted by molar-refractivity contribution is -0.138. The number of piperazine rings is 1. The van der Waals surface area contributed by atoms with Crippen LogP contribution in [-0.4, -0.2) is 46.6 Å². The zero-order chi connectivity index (χ0) is 21.9. The molecule has 1 aromatic heterocycles. The topological polar surface area (TPSA) is 69.5 Å². The number of hydrogen-bond donors (Lipinski definition) is 0. The van der Waals surface area contributed by atoms with Gasteiger partial charge in [0, 0.05) is 49.5 Å². The lowest BCUT2D eigenvalue weighted by atomic mass is 10.1. The van der Waals surface area contributed by atoms with Crippen molar-refractivity contribution >= 4 is 17.7 Å². The number of benzene rings is 1. The van der Waals surface area contributed by atoms with Crippen molar-refractivity contribution in [1.29, 1.82) is 5.26 Å². The molecular weight excluding hydrogens is 421 g/mol. The largest absolute Gasteiger partial charge is 0.416 e. The Hall–Kier alpha value is -2.83. The molecule has 0 bridgehead atoms. The summed E-state index contributed by atoms with van der Waals surface area (Å²) in [4.78, 5) is 19.7. The Morgan fingerprint density at radius 3 is 2.77 bits per heavy atom. The summed E-state index contributed by atoms with van der Waals surface area (Å²) >= 11 is 5.90. The lowest BCUT2D eigenvalue weighted by Gasteiger charge is -2.39. The number of amides is 1. The van der Waals surface area contributed by atoms with Crippen LogP contribution in [0.15, 0.2) is 36.7 Å². The first-order valence-corrected chi connectivity index (χ1v) is 9.46.